The zero-order valence-corrected chi connectivity index (χ0v) is 23.3. The number of aliphatic hydroxyl groups excluding tert-OH is 1. The largest absolute Gasteiger partial charge is 0.507 e. The molecule has 10 heteroatoms. The summed E-state index contributed by atoms with van der Waals surface area (Å²) < 4.78 is 16.4. The number of benzene rings is 3. The number of Topliss-reactive ketones (excluding diaryl/α,β-unsaturated/α-hetero) is 1. The van der Waals surface area contributed by atoms with E-state index in [9.17, 15) is 19.5 Å². The minimum absolute atomic E-state index is 0.122. The fraction of sp³-hybridized carbons (Fsp3) is 0.161. The predicted octanol–water partition coefficient (Wildman–Crippen LogP) is 6.06. The first-order chi connectivity index (χ1) is 19.8. The summed E-state index contributed by atoms with van der Waals surface area (Å²) in [7, 11) is 1.49. The number of aryl methyl sites for hydroxylation is 1. The van der Waals surface area contributed by atoms with Crippen LogP contribution >= 0.6 is 11.3 Å². The van der Waals surface area contributed by atoms with Crippen LogP contribution < -0.4 is 14.4 Å². The number of carbonyl (C=O) groups excluding carboxylic acids is 3. The number of hydrogen-bond donors (Lipinski definition) is 1. The van der Waals surface area contributed by atoms with Crippen molar-refractivity contribution >= 4 is 39.9 Å². The highest BCUT2D eigenvalue weighted by molar-refractivity contribution is 7.17. The quantitative estimate of drug-likeness (QED) is 0.118. The second kappa shape index (κ2) is 11.6. The molecule has 3 aromatic carbocycles. The fourth-order valence-electron chi connectivity index (χ4n) is 4.52. The molecule has 1 fully saturated rings. The molecule has 1 aromatic heterocycles. The van der Waals surface area contributed by atoms with E-state index in [4.69, 9.17) is 14.2 Å². The van der Waals surface area contributed by atoms with Gasteiger partial charge in [-0.1, -0.05) is 53.8 Å². The van der Waals surface area contributed by atoms with Crippen molar-refractivity contribution in [3.8, 4) is 17.2 Å². The molecule has 1 amide bonds. The van der Waals surface area contributed by atoms with E-state index in [1.54, 1.807) is 74.5 Å². The van der Waals surface area contributed by atoms with Gasteiger partial charge in [0.2, 0.25) is 0 Å². The summed E-state index contributed by atoms with van der Waals surface area (Å²) in [6.45, 7) is 3.49. The van der Waals surface area contributed by atoms with Crippen LogP contribution in [0.5, 0.6) is 17.2 Å². The summed E-state index contributed by atoms with van der Waals surface area (Å²) in [5.41, 5.74) is 1.02. The standard InChI is InChI=1S/C31H26N2O7S/c1-4-39-30(37)28-18(2)32-31(41-28)33-25(19-10-8-15-23(16-19)40-21-12-6-5-7-13-21)24(27(35)29(33)36)26(34)20-11-9-14-22(17-20)38-3/h5-17,25,34H,4H2,1-3H3. The lowest BCUT2D eigenvalue weighted by molar-refractivity contribution is -0.132. The number of methoxy groups -OCH3 is 1. The summed E-state index contributed by atoms with van der Waals surface area (Å²) in [4.78, 5) is 45.5. The van der Waals surface area contributed by atoms with E-state index < -0.39 is 23.7 Å². The number of esters is 1. The van der Waals surface area contributed by atoms with Gasteiger partial charge in [-0.25, -0.2) is 9.78 Å². The number of amides is 1. The Morgan fingerprint density at radius 2 is 1.68 bits per heavy atom. The van der Waals surface area contributed by atoms with Gasteiger partial charge in [-0.15, -0.1) is 0 Å². The highest BCUT2D eigenvalue weighted by atomic mass is 32.1. The molecule has 1 N–H and O–H groups in total. The number of anilines is 1. The third-order valence-electron chi connectivity index (χ3n) is 6.39. The molecule has 208 valence electrons. The number of thiazole rings is 1. The van der Waals surface area contributed by atoms with Gasteiger partial charge in [0, 0.05) is 5.56 Å². The van der Waals surface area contributed by atoms with Crippen LogP contribution in [0.1, 0.15) is 39.5 Å². The number of aliphatic hydroxyl groups is 1. The van der Waals surface area contributed by atoms with E-state index in [0.717, 1.165) is 11.3 Å². The Balaban J connectivity index is 1.67. The van der Waals surface area contributed by atoms with Crippen LogP contribution in [0.3, 0.4) is 0 Å². The maximum atomic E-state index is 13.6. The van der Waals surface area contributed by atoms with Crippen LogP contribution in [0.25, 0.3) is 5.76 Å². The Kier molecular flexibility index (Phi) is 7.84. The molecule has 5 rings (SSSR count). The number of ether oxygens (including phenoxy) is 3. The van der Waals surface area contributed by atoms with Gasteiger partial charge in [0.25, 0.3) is 5.78 Å². The molecule has 9 nitrogen and oxygen atoms in total. The van der Waals surface area contributed by atoms with E-state index in [-0.39, 0.29) is 27.9 Å². The third kappa shape index (κ3) is 5.42. The van der Waals surface area contributed by atoms with Crippen molar-refractivity contribution in [2.24, 2.45) is 0 Å². The molecule has 4 aromatic rings. The summed E-state index contributed by atoms with van der Waals surface area (Å²) >= 11 is 0.943. The number of carbonyl (C=O) groups is 3. The zero-order valence-electron chi connectivity index (χ0n) is 22.5. The molecule has 1 unspecified atom stereocenters. The molecule has 0 spiro atoms. The maximum Gasteiger partial charge on any atom is 0.350 e. The monoisotopic (exact) mass is 570 g/mol. The molecule has 2 heterocycles. The Hall–Kier alpha value is -4.96. The molecule has 41 heavy (non-hydrogen) atoms. The average molecular weight is 571 g/mol. The molecule has 0 radical (unpaired) electrons. The molecule has 0 bridgehead atoms. The zero-order chi connectivity index (χ0) is 29.1. The number of nitrogens with zero attached hydrogens (tertiary/aromatic N) is 2. The second-order valence-corrected chi connectivity index (χ2v) is 10.00. The summed E-state index contributed by atoms with van der Waals surface area (Å²) in [6.07, 6.45) is 0. The van der Waals surface area contributed by atoms with E-state index in [1.165, 1.54) is 12.0 Å². The Morgan fingerprint density at radius 3 is 2.41 bits per heavy atom. The highest BCUT2D eigenvalue weighted by Crippen LogP contribution is 2.45. The lowest BCUT2D eigenvalue weighted by Gasteiger charge is -2.23. The normalized spacial score (nSPS) is 16.1. The molecular weight excluding hydrogens is 544 g/mol. The first kappa shape index (κ1) is 27.6. The topological polar surface area (TPSA) is 115 Å². The van der Waals surface area contributed by atoms with E-state index >= 15 is 0 Å². The van der Waals surface area contributed by atoms with Gasteiger partial charge in [-0.3, -0.25) is 14.5 Å². The molecular formula is C31H26N2O7S. The van der Waals surface area contributed by atoms with Crippen LogP contribution in [0, 0.1) is 6.92 Å². The van der Waals surface area contributed by atoms with Crippen LogP contribution in [-0.2, 0) is 14.3 Å². The Labute approximate surface area is 240 Å². The highest BCUT2D eigenvalue weighted by Gasteiger charge is 2.48. The van der Waals surface area contributed by atoms with Crippen molar-refractivity contribution in [3.63, 3.8) is 0 Å². The average Bonchev–Trinajstić information content (AvgIpc) is 3.49. The lowest BCUT2D eigenvalue weighted by atomic mass is 9.95. The third-order valence-corrected chi connectivity index (χ3v) is 7.53. The van der Waals surface area contributed by atoms with E-state index in [0.29, 0.717) is 34.1 Å². The van der Waals surface area contributed by atoms with Crippen LogP contribution in [-0.4, -0.2) is 41.5 Å². The molecule has 0 aliphatic carbocycles. The Bertz CT molecular complexity index is 1660. The summed E-state index contributed by atoms with van der Waals surface area (Å²) in [5, 5.41) is 11.6. The lowest BCUT2D eigenvalue weighted by Crippen LogP contribution is -2.29. The number of hydrogen-bond acceptors (Lipinski definition) is 9. The van der Waals surface area contributed by atoms with Gasteiger partial charge >= 0.3 is 11.9 Å². The number of para-hydroxylation sites is 1. The minimum Gasteiger partial charge on any atom is -0.507 e. The van der Waals surface area contributed by atoms with Crippen LogP contribution in [0.15, 0.2) is 84.4 Å². The van der Waals surface area contributed by atoms with E-state index in [2.05, 4.69) is 4.98 Å². The summed E-state index contributed by atoms with van der Waals surface area (Å²) in [5.74, 6) is -1.20. The van der Waals surface area contributed by atoms with Crippen molar-refractivity contribution in [1.82, 2.24) is 4.98 Å². The van der Waals surface area contributed by atoms with Gasteiger partial charge < -0.3 is 19.3 Å². The molecule has 0 saturated carbocycles. The van der Waals surface area contributed by atoms with Crippen LogP contribution in [0.4, 0.5) is 5.13 Å². The maximum absolute atomic E-state index is 13.6. The molecule has 1 atom stereocenters. The summed E-state index contributed by atoms with van der Waals surface area (Å²) in [6, 6.07) is 21.6. The number of rotatable bonds is 8. The number of ketones is 1. The smallest absolute Gasteiger partial charge is 0.350 e. The van der Waals surface area contributed by atoms with Gasteiger partial charge in [-0.2, -0.15) is 0 Å². The Morgan fingerprint density at radius 1 is 0.976 bits per heavy atom. The second-order valence-electron chi connectivity index (χ2n) is 9.02. The first-order valence-corrected chi connectivity index (χ1v) is 13.6. The minimum atomic E-state index is -1.07. The van der Waals surface area contributed by atoms with Crippen LogP contribution in [0.2, 0.25) is 0 Å². The van der Waals surface area contributed by atoms with Gasteiger partial charge in [-0.05, 0) is 55.8 Å². The van der Waals surface area contributed by atoms with Crippen molar-refractivity contribution in [2.75, 3.05) is 18.6 Å². The van der Waals surface area contributed by atoms with Crippen molar-refractivity contribution in [2.45, 2.75) is 19.9 Å². The molecule has 1 aliphatic heterocycles. The fourth-order valence-corrected chi connectivity index (χ4v) is 5.50. The van der Waals surface area contributed by atoms with Gasteiger partial charge in [0.15, 0.2) is 5.13 Å². The van der Waals surface area contributed by atoms with Crippen molar-refractivity contribution in [3.05, 3.63) is 106 Å². The van der Waals surface area contributed by atoms with E-state index in [1.807, 2.05) is 18.2 Å². The van der Waals surface area contributed by atoms with Crippen molar-refractivity contribution in [1.29, 1.82) is 0 Å². The van der Waals surface area contributed by atoms with Gasteiger partial charge in [0.1, 0.15) is 27.9 Å². The molecule has 1 saturated heterocycles. The number of aromatic nitrogens is 1. The predicted molar refractivity (Wildman–Crippen MR) is 154 cm³/mol. The molecule has 1 aliphatic rings. The van der Waals surface area contributed by atoms with Crippen molar-refractivity contribution < 1.29 is 33.7 Å². The SMILES string of the molecule is CCOC(=O)c1sc(N2C(=O)C(=O)C(=C(O)c3cccc(OC)c3)C2c2cccc(Oc3ccccc3)c2)nc1C. The van der Waals surface area contributed by atoms with Gasteiger partial charge in [0.05, 0.1) is 31.0 Å². The first-order valence-electron chi connectivity index (χ1n) is 12.7.